The highest BCUT2D eigenvalue weighted by atomic mass is 16.5. The Bertz CT molecular complexity index is 313. The first-order valence-electron chi connectivity index (χ1n) is 7.25. The molecule has 0 aromatic carbocycles. The fourth-order valence-electron chi connectivity index (χ4n) is 2.83. The number of aliphatic hydroxyl groups excluding tert-OH is 1. The Labute approximate surface area is 119 Å². The summed E-state index contributed by atoms with van der Waals surface area (Å²) in [6.45, 7) is 1.34. The second kappa shape index (κ2) is 8.92. The molecule has 0 saturated heterocycles. The molecule has 116 valence electrons. The molecule has 1 amide bonds. The summed E-state index contributed by atoms with van der Waals surface area (Å²) in [6.07, 6.45) is 4.75. The predicted molar refractivity (Wildman–Crippen MR) is 73.3 cm³/mol. The predicted octanol–water partition coefficient (Wildman–Crippen LogP) is 0.927. The lowest BCUT2D eigenvalue weighted by atomic mass is 9.79. The summed E-state index contributed by atoms with van der Waals surface area (Å²) in [6, 6.07) is 0. The second-order valence-electron chi connectivity index (χ2n) is 5.49. The van der Waals surface area contributed by atoms with Crippen LogP contribution in [0.2, 0.25) is 0 Å². The number of nitrogens with one attached hydrogen (secondary N) is 1. The van der Waals surface area contributed by atoms with Crippen molar-refractivity contribution < 1.29 is 24.5 Å². The quantitative estimate of drug-likeness (QED) is 0.519. The van der Waals surface area contributed by atoms with Gasteiger partial charge in [0.05, 0.1) is 19.6 Å². The second-order valence-corrected chi connectivity index (χ2v) is 5.49. The normalized spacial score (nSPS) is 17.1. The van der Waals surface area contributed by atoms with Gasteiger partial charge in [0.25, 0.3) is 0 Å². The van der Waals surface area contributed by atoms with Gasteiger partial charge in [0.1, 0.15) is 0 Å². The molecule has 1 saturated carbocycles. The molecular weight excluding hydrogens is 262 g/mol. The van der Waals surface area contributed by atoms with Crippen LogP contribution in [0.15, 0.2) is 0 Å². The largest absolute Gasteiger partial charge is 0.481 e. The lowest BCUT2D eigenvalue weighted by Gasteiger charge is -2.26. The van der Waals surface area contributed by atoms with Gasteiger partial charge in [-0.1, -0.05) is 12.8 Å². The third-order valence-corrected chi connectivity index (χ3v) is 3.75. The molecule has 0 radical (unpaired) electrons. The lowest BCUT2D eigenvalue weighted by molar-refractivity contribution is -0.140. The van der Waals surface area contributed by atoms with Gasteiger partial charge in [-0.05, 0) is 24.7 Å². The molecule has 3 N–H and O–H groups in total. The molecule has 0 atom stereocenters. The van der Waals surface area contributed by atoms with Crippen molar-refractivity contribution >= 4 is 11.9 Å². The van der Waals surface area contributed by atoms with Gasteiger partial charge in [0.15, 0.2) is 0 Å². The molecule has 20 heavy (non-hydrogen) atoms. The van der Waals surface area contributed by atoms with E-state index in [2.05, 4.69) is 5.32 Å². The number of carbonyl (C=O) groups is 2. The van der Waals surface area contributed by atoms with E-state index in [4.69, 9.17) is 14.9 Å². The van der Waals surface area contributed by atoms with E-state index < -0.39 is 5.97 Å². The number of aliphatic hydroxyl groups is 1. The molecule has 0 heterocycles. The number of carbonyl (C=O) groups excluding carboxylic acids is 1. The monoisotopic (exact) mass is 287 g/mol. The van der Waals surface area contributed by atoms with Gasteiger partial charge in [-0.25, -0.2) is 0 Å². The maximum atomic E-state index is 11.9. The van der Waals surface area contributed by atoms with Crippen molar-refractivity contribution in [2.75, 3.05) is 26.4 Å². The highest BCUT2D eigenvalue weighted by Gasteiger charge is 2.37. The lowest BCUT2D eigenvalue weighted by Crippen LogP contribution is -2.32. The molecule has 0 bridgehead atoms. The summed E-state index contributed by atoms with van der Waals surface area (Å²) in [7, 11) is 0. The number of hydrogen-bond donors (Lipinski definition) is 3. The van der Waals surface area contributed by atoms with Gasteiger partial charge < -0.3 is 20.3 Å². The van der Waals surface area contributed by atoms with Crippen molar-refractivity contribution in [3.05, 3.63) is 0 Å². The van der Waals surface area contributed by atoms with Crippen molar-refractivity contribution in [1.82, 2.24) is 5.32 Å². The maximum Gasteiger partial charge on any atom is 0.303 e. The van der Waals surface area contributed by atoms with Gasteiger partial charge in [0.2, 0.25) is 5.91 Å². The number of hydrogen-bond acceptors (Lipinski definition) is 4. The highest BCUT2D eigenvalue weighted by Crippen LogP contribution is 2.43. The Morgan fingerprint density at radius 3 is 2.45 bits per heavy atom. The molecule has 6 heteroatoms. The SMILES string of the molecule is O=C(O)CC1(CC(=O)NCCCOCCO)CCCC1. The molecule has 6 nitrogen and oxygen atoms in total. The van der Waals surface area contributed by atoms with Crippen molar-refractivity contribution in [3.63, 3.8) is 0 Å². The standard InChI is InChI=1S/C14H25NO5/c16-7-9-20-8-3-6-15-12(17)10-14(11-13(18)19)4-1-2-5-14/h16H,1-11H2,(H,15,17)(H,18,19). The Balaban J connectivity index is 2.23. The smallest absolute Gasteiger partial charge is 0.303 e. The summed E-state index contributed by atoms with van der Waals surface area (Å²) in [5, 5.41) is 20.3. The Hall–Kier alpha value is -1.14. The van der Waals surface area contributed by atoms with Crippen LogP contribution in [0.1, 0.15) is 44.9 Å². The van der Waals surface area contributed by atoms with E-state index in [1.54, 1.807) is 0 Å². The molecule has 0 unspecified atom stereocenters. The summed E-state index contributed by atoms with van der Waals surface area (Å²) >= 11 is 0. The zero-order chi connectivity index (χ0) is 14.8. The van der Waals surface area contributed by atoms with Crippen molar-refractivity contribution in [3.8, 4) is 0 Å². The number of carboxylic acids is 1. The van der Waals surface area contributed by atoms with Crippen LogP contribution in [0.25, 0.3) is 0 Å². The number of ether oxygens (including phenoxy) is 1. The topological polar surface area (TPSA) is 95.9 Å². The van der Waals surface area contributed by atoms with Crippen LogP contribution in [0.5, 0.6) is 0 Å². The van der Waals surface area contributed by atoms with Crippen LogP contribution in [0, 0.1) is 5.41 Å². The van der Waals surface area contributed by atoms with Gasteiger partial charge in [-0.2, -0.15) is 0 Å². The molecule has 1 fully saturated rings. The highest BCUT2D eigenvalue weighted by molar-refractivity contribution is 5.78. The fourth-order valence-corrected chi connectivity index (χ4v) is 2.83. The van der Waals surface area contributed by atoms with E-state index in [1.165, 1.54) is 0 Å². The number of rotatable bonds is 10. The summed E-state index contributed by atoms with van der Waals surface area (Å²) < 4.78 is 5.09. The molecule has 0 aromatic heterocycles. The third kappa shape index (κ3) is 6.34. The number of aliphatic carboxylic acids is 1. The average molecular weight is 287 g/mol. The Kier molecular flexibility index (Phi) is 7.54. The molecular formula is C14H25NO5. The maximum absolute atomic E-state index is 11.9. The first-order chi connectivity index (χ1) is 9.58. The molecule has 0 spiro atoms. The van der Waals surface area contributed by atoms with Crippen LogP contribution in [-0.4, -0.2) is 48.5 Å². The molecule has 1 aliphatic carbocycles. The average Bonchev–Trinajstić information content (AvgIpc) is 2.80. The van der Waals surface area contributed by atoms with Crippen LogP contribution >= 0.6 is 0 Å². The van der Waals surface area contributed by atoms with E-state index in [0.29, 0.717) is 32.6 Å². The zero-order valence-electron chi connectivity index (χ0n) is 11.9. The van der Waals surface area contributed by atoms with Crippen LogP contribution in [0.4, 0.5) is 0 Å². The minimum atomic E-state index is -0.822. The first kappa shape index (κ1) is 16.9. The zero-order valence-corrected chi connectivity index (χ0v) is 11.9. The van der Waals surface area contributed by atoms with Crippen LogP contribution < -0.4 is 5.32 Å². The molecule has 1 aliphatic rings. The fraction of sp³-hybridized carbons (Fsp3) is 0.857. The van der Waals surface area contributed by atoms with E-state index >= 15 is 0 Å². The first-order valence-corrected chi connectivity index (χ1v) is 7.25. The van der Waals surface area contributed by atoms with Gasteiger partial charge >= 0.3 is 5.97 Å². The minimum Gasteiger partial charge on any atom is -0.481 e. The van der Waals surface area contributed by atoms with E-state index in [9.17, 15) is 9.59 Å². The van der Waals surface area contributed by atoms with Gasteiger partial charge in [0, 0.05) is 19.6 Å². The van der Waals surface area contributed by atoms with Crippen molar-refractivity contribution in [1.29, 1.82) is 0 Å². The van der Waals surface area contributed by atoms with Crippen molar-refractivity contribution in [2.24, 2.45) is 5.41 Å². The van der Waals surface area contributed by atoms with Gasteiger partial charge in [-0.3, -0.25) is 9.59 Å². The Morgan fingerprint density at radius 2 is 1.85 bits per heavy atom. The van der Waals surface area contributed by atoms with E-state index in [0.717, 1.165) is 25.7 Å². The third-order valence-electron chi connectivity index (χ3n) is 3.75. The molecule has 1 rings (SSSR count). The van der Waals surface area contributed by atoms with Crippen molar-refractivity contribution in [2.45, 2.75) is 44.9 Å². The van der Waals surface area contributed by atoms with Crippen LogP contribution in [0.3, 0.4) is 0 Å². The summed E-state index contributed by atoms with van der Waals surface area (Å²) in [5.41, 5.74) is -0.344. The minimum absolute atomic E-state index is 0.00404. The molecule has 0 aromatic rings. The van der Waals surface area contributed by atoms with Gasteiger partial charge in [-0.15, -0.1) is 0 Å². The van der Waals surface area contributed by atoms with E-state index in [-0.39, 0.29) is 24.3 Å². The Morgan fingerprint density at radius 1 is 1.15 bits per heavy atom. The summed E-state index contributed by atoms with van der Waals surface area (Å²) in [5.74, 6) is -0.896. The summed E-state index contributed by atoms with van der Waals surface area (Å²) in [4.78, 5) is 22.8. The number of amides is 1. The molecule has 0 aliphatic heterocycles. The number of carboxylic acid groups (broad SMARTS) is 1. The van der Waals surface area contributed by atoms with E-state index in [1.807, 2.05) is 0 Å². The van der Waals surface area contributed by atoms with Crippen LogP contribution in [-0.2, 0) is 14.3 Å².